The molecule has 1 aliphatic carbocycles. The Labute approximate surface area is 107 Å². The van der Waals surface area contributed by atoms with Gasteiger partial charge < -0.3 is 9.47 Å². The Morgan fingerprint density at radius 2 is 1.72 bits per heavy atom. The van der Waals surface area contributed by atoms with Crippen LogP contribution in [0.4, 0.5) is 4.39 Å². The molecule has 0 aliphatic heterocycles. The fourth-order valence-corrected chi connectivity index (χ4v) is 2.28. The molecule has 3 heteroatoms. The van der Waals surface area contributed by atoms with E-state index in [1.807, 2.05) is 25.1 Å². The van der Waals surface area contributed by atoms with Crippen molar-refractivity contribution in [3.8, 4) is 11.5 Å². The maximum Gasteiger partial charge on any atom is 0.130 e. The van der Waals surface area contributed by atoms with Crippen molar-refractivity contribution in [1.29, 1.82) is 0 Å². The maximum absolute atomic E-state index is 14.1. The summed E-state index contributed by atoms with van der Waals surface area (Å²) >= 11 is 0. The summed E-state index contributed by atoms with van der Waals surface area (Å²) in [5.41, 5.74) is 2.34. The van der Waals surface area contributed by atoms with Crippen molar-refractivity contribution in [3.05, 3.63) is 41.2 Å². The van der Waals surface area contributed by atoms with E-state index in [0.29, 0.717) is 22.6 Å². The largest absolute Gasteiger partial charge is 0.496 e. The van der Waals surface area contributed by atoms with Gasteiger partial charge >= 0.3 is 0 Å². The van der Waals surface area contributed by atoms with Crippen LogP contribution < -0.4 is 9.47 Å². The summed E-state index contributed by atoms with van der Waals surface area (Å²) in [4.78, 5) is 0. The van der Waals surface area contributed by atoms with Crippen molar-refractivity contribution < 1.29 is 13.9 Å². The smallest absolute Gasteiger partial charge is 0.130 e. The van der Waals surface area contributed by atoms with Gasteiger partial charge in [0.1, 0.15) is 17.3 Å². The molecule has 0 heterocycles. The van der Waals surface area contributed by atoms with E-state index < -0.39 is 0 Å². The molecule has 0 aromatic heterocycles. The molecule has 0 spiro atoms. The second-order valence-corrected chi connectivity index (χ2v) is 4.28. The first-order valence-corrected chi connectivity index (χ1v) is 5.96. The molecule has 0 radical (unpaired) electrons. The number of halogens is 1. The van der Waals surface area contributed by atoms with Crippen LogP contribution in [0.2, 0.25) is 0 Å². The third-order valence-corrected chi connectivity index (χ3v) is 3.19. The first-order chi connectivity index (χ1) is 8.69. The zero-order valence-corrected chi connectivity index (χ0v) is 10.9. The Hall–Kier alpha value is -1.77. The van der Waals surface area contributed by atoms with E-state index in [1.165, 1.54) is 0 Å². The molecular weight excluding hydrogens is 231 g/mol. The van der Waals surface area contributed by atoms with Gasteiger partial charge in [-0.15, -0.1) is 0 Å². The van der Waals surface area contributed by atoms with Gasteiger partial charge in [0, 0.05) is 5.57 Å². The summed E-state index contributed by atoms with van der Waals surface area (Å²) in [7, 11) is 3.16. The number of ether oxygens (including phenoxy) is 2. The lowest BCUT2D eigenvalue weighted by atomic mass is 9.91. The van der Waals surface area contributed by atoms with Gasteiger partial charge in [0.25, 0.3) is 0 Å². The van der Waals surface area contributed by atoms with Crippen LogP contribution in [0, 0.1) is 0 Å². The summed E-state index contributed by atoms with van der Waals surface area (Å²) in [6.45, 7) is 1.95. The molecule has 1 aromatic rings. The number of hydrogen-bond acceptors (Lipinski definition) is 2. The Kier molecular flexibility index (Phi) is 3.70. The lowest BCUT2D eigenvalue weighted by Gasteiger charge is -2.19. The Bertz CT molecular complexity index is 493. The van der Waals surface area contributed by atoms with E-state index in [4.69, 9.17) is 9.47 Å². The predicted molar refractivity (Wildman–Crippen MR) is 70.6 cm³/mol. The highest BCUT2D eigenvalue weighted by molar-refractivity contribution is 5.86. The zero-order valence-electron chi connectivity index (χ0n) is 10.9. The summed E-state index contributed by atoms with van der Waals surface area (Å²) in [6.07, 6.45) is 3.23. The van der Waals surface area contributed by atoms with E-state index >= 15 is 0 Å². The second-order valence-electron chi connectivity index (χ2n) is 4.28. The van der Waals surface area contributed by atoms with Crippen LogP contribution in [0.25, 0.3) is 5.57 Å². The Morgan fingerprint density at radius 1 is 1.11 bits per heavy atom. The van der Waals surface area contributed by atoms with Gasteiger partial charge in [-0.1, -0.05) is 11.6 Å². The average molecular weight is 248 g/mol. The molecule has 0 saturated carbocycles. The van der Waals surface area contributed by atoms with E-state index in [-0.39, 0.29) is 5.83 Å². The van der Waals surface area contributed by atoms with Gasteiger partial charge in [0.05, 0.1) is 19.8 Å². The molecule has 0 unspecified atom stereocenters. The molecule has 0 bridgehead atoms. The molecule has 0 atom stereocenters. The number of rotatable bonds is 3. The van der Waals surface area contributed by atoms with Crippen molar-refractivity contribution in [2.24, 2.45) is 0 Å². The Morgan fingerprint density at radius 3 is 2.22 bits per heavy atom. The highest BCUT2D eigenvalue weighted by atomic mass is 19.1. The van der Waals surface area contributed by atoms with Crippen LogP contribution in [0.1, 0.15) is 25.3 Å². The van der Waals surface area contributed by atoms with Crippen molar-refractivity contribution in [1.82, 2.24) is 0 Å². The van der Waals surface area contributed by atoms with Gasteiger partial charge in [-0.3, -0.25) is 0 Å². The first kappa shape index (κ1) is 12.7. The average Bonchev–Trinajstić information content (AvgIpc) is 2.38. The van der Waals surface area contributed by atoms with Gasteiger partial charge in [-0.2, -0.15) is 0 Å². The fraction of sp³-hybridized carbons (Fsp3) is 0.333. The third-order valence-electron chi connectivity index (χ3n) is 3.19. The summed E-state index contributed by atoms with van der Waals surface area (Å²) in [6, 6.07) is 5.47. The zero-order chi connectivity index (χ0) is 13.1. The summed E-state index contributed by atoms with van der Waals surface area (Å²) in [5, 5.41) is 0. The van der Waals surface area contributed by atoms with Crippen molar-refractivity contribution >= 4 is 5.57 Å². The number of allylic oxidation sites excluding steroid dienone is 4. The molecule has 2 nitrogen and oxygen atoms in total. The lowest BCUT2D eigenvalue weighted by Crippen LogP contribution is -2.01. The van der Waals surface area contributed by atoms with Crippen molar-refractivity contribution in [3.63, 3.8) is 0 Å². The van der Waals surface area contributed by atoms with Crippen molar-refractivity contribution in [2.75, 3.05) is 14.2 Å². The number of hydrogen-bond donors (Lipinski definition) is 0. The van der Waals surface area contributed by atoms with E-state index in [9.17, 15) is 4.39 Å². The fourth-order valence-electron chi connectivity index (χ4n) is 2.28. The van der Waals surface area contributed by atoms with E-state index in [0.717, 1.165) is 18.4 Å². The Balaban J connectivity index is 2.66. The molecular formula is C15H17FO2. The minimum absolute atomic E-state index is 0.193. The highest BCUT2D eigenvalue weighted by Gasteiger charge is 2.22. The number of benzene rings is 1. The topological polar surface area (TPSA) is 18.5 Å². The molecule has 0 fully saturated rings. The number of methoxy groups -OCH3 is 2. The van der Waals surface area contributed by atoms with Crippen LogP contribution in [0.5, 0.6) is 11.5 Å². The van der Waals surface area contributed by atoms with Crippen LogP contribution in [0.3, 0.4) is 0 Å². The molecule has 0 N–H and O–H groups in total. The highest BCUT2D eigenvalue weighted by Crippen LogP contribution is 2.42. The standard InChI is InChI=1S/C15H17FO2/c1-10-6-4-7-11(16)14(10)15-12(17-2)8-5-9-13(15)18-3/h5,7-9H,4,6H2,1-3H3. The molecule has 1 aliphatic rings. The third kappa shape index (κ3) is 2.13. The van der Waals surface area contributed by atoms with Gasteiger partial charge in [0.2, 0.25) is 0 Å². The van der Waals surface area contributed by atoms with E-state index in [1.54, 1.807) is 20.3 Å². The molecule has 18 heavy (non-hydrogen) atoms. The van der Waals surface area contributed by atoms with Crippen LogP contribution in [0.15, 0.2) is 35.7 Å². The first-order valence-electron chi connectivity index (χ1n) is 5.96. The summed E-state index contributed by atoms with van der Waals surface area (Å²) in [5.74, 6) is 1.07. The molecule has 2 rings (SSSR count). The van der Waals surface area contributed by atoms with Crippen molar-refractivity contribution in [2.45, 2.75) is 19.8 Å². The SMILES string of the molecule is COc1cccc(OC)c1C1=C(C)CCC=C1F. The van der Waals surface area contributed by atoms with Gasteiger partial charge in [0.15, 0.2) is 0 Å². The van der Waals surface area contributed by atoms with Crippen LogP contribution >= 0.6 is 0 Å². The van der Waals surface area contributed by atoms with Crippen LogP contribution in [-0.2, 0) is 0 Å². The monoisotopic (exact) mass is 248 g/mol. The molecule has 0 saturated heterocycles. The molecule has 96 valence electrons. The van der Waals surface area contributed by atoms with Gasteiger partial charge in [-0.05, 0) is 38.0 Å². The normalized spacial score (nSPS) is 15.4. The van der Waals surface area contributed by atoms with Gasteiger partial charge in [-0.25, -0.2) is 4.39 Å². The summed E-state index contributed by atoms with van der Waals surface area (Å²) < 4.78 is 24.8. The molecule has 1 aromatic carbocycles. The predicted octanol–water partition coefficient (Wildman–Crippen LogP) is 4.12. The minimum atomic E-state index is -0.193. The van der Waals surface area contributed by atoms with Crippen LogP contribution in [-0.4, -0.2) is 14.2 Å². The lowest BCUT2D eigenvalue weighted by molar-refractivity contribution is 0.391. The van der Waals surface area contributed by atoms with E-state index in [2.05, 4.69) is 0 Å². The quantitative estimate of drug-likeness (QED) is 0.801. The molecule has 0 amide bonds. The second kappa shape index (κ2) is 5.25. The maximum atomic E-state index is 14.1. The minimum Gasteiger partial charge on any atom is -0.496 e.